The molecule has 0 aliphatic carbocycles. The number of fused-ring (bicyclic) bond motifs is 4. The zero-order valence-electron chi connectivity index (χ0n) is 17.0. The highest BCUT2D eigenvalue weighted by atomic mass is 16.2. The zero-order valence-corrected chi connectivity index (χ0v) is 17.0. The number of amides is 2. The minimum Gasteiger partial charge on any atom is -0.338 e. The van der Waals surface area contributed by atoms with Gasteiger partial charge >= 0.3 is 6.03 Å². The van der Waals surface area contributed by atoms with Crippen LogP contribution in [0.3, 0.4) is 0 Å². The number of hydrogen-bond acceptors (Lipinski definition) is 3. The van der Waals surface area contributed by atoms with Gasteiger partial charge in [0.2, 0.25) is 0 Å². The van der Waals surface area contributed by atoms with E-state index in [1.54, 1.807) is 11.9 Å². The third kappa shape index (κ3) is 3.03. The van der Waals surface area contributed by atoms with Crippen molar-refractivity contribution in [1.29, 1.82) is 0 Å². The Morgan fingerprint density at radius 2 is 1.70 bits per heavy atom. The second kappa shape index (κ2) is 6.84. The average Bonchev–Trinajstić information content (AvgIpc) is 3.10. The number of urea groups is 1. The van der Waals surface area contributed by atoms with Crippen LogP contribution in [0.15, 0.2) is 60.7 Å². The first-order valence-corrected chi connectivity index (χ1v) is 9.80. The number of benzene rings is 3. The van der Waals surface area contributed by atoms with E-state index in [9.17, 15) is 4.79 Å². The summed E-state index contributed by atoms with van der Waals surface area (Å²) in [5.74, 6) is 0. The maximum Gasteiger partial charge on any atom is 0.326 e. The van der Waals surface area contributed by atoms with Crippen molar-refractivity contribution in [3.8, 4) is 0 Å². The summed E-state index contributed by atoms with van der Waals surface area (Å²) < 4.78 is 0. The molecule has 0 saturated carbocycles. The number of aromatic amines is 1. The number of nitrogens with one attached hydrogen (secondary N) is 2. The molecule has 5 rings (SSSR count). The third-order valence-electron chi connectivity index (χ3n) is 5.53. The van der Waals surface area contributed by atoms with Gasteiger partial charge < -0.3 is 10.3 Å². The van der Waals surface area contributed by atoms with Crippen LogP contribution < -0.4 is 10.2 Å². The van der Waals surface area contributed by atoms with Gasteiger partial charge in [-0.15, -0.1) is 0 Å². The van der Waals surface area contributed by atoms with Crippen LogP contribution in [-0.2, 0) is 0 Å². The lowest BCUT2D eigenvalue weighted by atomic mass is 10.1. The van der Waals surface area contributed by atoms with Crippen LogP contribution in [0, 0.1) is 13.8 Å². The van der Waals surface area contributed by atoms with Crippen molar-refractivity contribution in [3.63, 3.8) is 0 Å². The lowest BCUT2D eigenvalue weighted by Gasteiger charge is -2.19. The van der Waals surface area contributed by atoms with Crippen molar-refractivity contribution < 1.29 is 4.79 Å². The van der Waals surface area contributed by atoms with Gasteiger partial charge in [0.25, 0.3) is 0 Å². The fourth-order valence-corrected chi connectivity index (χ4v) is 3.59. The molecule has 2 aromatic heterocycles. The van der Waals surface area contributed by atoms with E-state index in [0.717, 1.165) is 44.4 Å². The molecule has 3 aromatic carbocycles. The molecular weight excluding hydrogens is 374 g/mol. The lowest BCUT2D eigenvalue weighted by molar-refractivity contribution is 0.258. The first kappa shape index (κ1) is 18.1. The van der Waals surface area contributed by atoms with Gasteiger partial charge in [0.1, 0.15) is 5.52 Å². The van der Waals surface area contributed by atoms with E-state index in [-0.39, 0.29) is 6.03 Å². The van der Waals surface area contributed by atoms with Gasteiger partial charge in [-0.1, -0.05) is 18.2 Å². The van der Waals surface area contributed by atoms with E-state index >= 15 is 0 Å². The normalized spacial score (nSPS) is 11.3. The Morgan fingerprint density at radius 1 is 0.933 bits per heavy atom. The quantitative estimate of drug-likeness (QED) is 0.411. The summed E-state index contributed by atoms with van der Waals surface area (Å²) >= 11 is 0. The predicted octanol–water partition coefficient (Wildman–Crippen LogP) is 5.55. The van der Waals surface area contributed by atoms with E-state index in [1.807, 2.05) is 67.6 Å². The fourth-order valence-electron chi connectivity index (χ4n) is 3.59. The molecule has 0 atom stereocenters. The van der Waals surface area contributed by atoms with Gasteiger partial charge in [-0.2, -0.15) is 0 Å². The van der Waals surface area contributed by atoms with Gasteiger partial charge in [0.05, 0.1) is 11.0 Å². The maximum atomic E-state index is 12.8. The minimum absolute atomic E-state index is 0.200. The average molecular weight is 395 g/mol. The van der Waals surface area contributed by atoms with Gasteiger partial charge in [0.15, 0.2) is 5.65 Å². The highest BCUT2D eigenvalue weighted by molar-refractivity contribution is 6.08. The van der Waals surface area contributed by atoms with E-state index in [0.29, 0.717) is 5.69 Å². The molecule has 0 fully saturated rings. The first-order valence-electron chi connectivity index (χ1n) is 9.80. The Balaban J connectivity index is 1.49. The summed E-state index contributed by atoms with van der Waals surface area (Å²) in [4.78, 5) is 27.2. The van der Waals surface area contributed by atoms with Crippen LogP contribution in [0.2, 0.25) is 0 Å². The van der Waals surface area contributed by atoms with E-state index in [4.69, 9.17) is 4.98 Å². The molecule has 30 heavy (non-hydrogen) atoms. The molecule has 0 radical (unpaired) electrons. The Bertz CT molecular complexity index is 1440. The van der Waals surface area contributed by atoms with Gasteiger partial charge in [0, 0.05) is 29.3 Å². The highest BCUT2D eigenvalue weighted by Crippen LogP contribution is 2.27. The molecule has 0 bridgehead atoms. The SMILES string of the molecule is Cc1ccc(N(C)C(=O)Nc2ccc3[nH]c4nc5ccccc5nc4c3c2)cc1C. The monoisotopic (exact) mass is 395 g/mol. The molecule has 2 amide bonds. The number of aryl methyl sites for hydroxylation is 2. The van der Waals surface area contributed by atoms with E-state index in [1.165, 1.54) is 5.56 Å². The molecule has 0 aliphatic rings. The largest absolute Gasteiger partial charge is 0.338 e. The summed E-state index contributed by atoms with van der Waals surface area (Å²) in [6, 6.07) is 19.3. The molecule has 0 saturated heterocycles. The van der Waals surface area contributed by atoms with Crippen molar-refractivity contribution in [2.75, 3.05) is 17.3 Å². The minimum atomic E-state index is -0.200. The zero-order chi connectivity index (χ0) is 20.8. The third-order valence-corrected chi connectivity index (χ3v) is 5.53. The summed E-state index contributed by atoms with van der Waals surface area (Å²) in [6.07, 6.45) is 0. The Morgan fingerprint density at radius 3 is 2.47 bits per heavy atom. The molecule has 2 N–H and O–H groups in total. The number of carbonyl (C=O) groups is 1. The highest BCUT2D eigenvalue weighted by Gasteiger charge is 2.14. The number of anilines is 2. The summed E-state index contributed by atoms with van der Waals surface area (Å²) in [7, 11) is 1.77. The topological polar surface area (TPSA) is 73.9 Å². The van der Waals surface area contributed by atoms with Crippen LogP contribution in [0.25, 0.3) is 33.1 Å². The van der Waals surface area contributed by atoms with Crippen LogP contribution in [-0.4, -0.2) is 28.0 Å². The lowest BCUT2D eigenvalue weighted by Crippen LogP contribution is -2.31. The molecule has 0 spiro atoms. The molecule has 6 nitrogen and oxygen atoms in total. The molecule has 6 heteroatoms. The van der Waals surface area contributed by atoms with Gasteiger partial charge in [-0.25, -0.2) is 14.8 Å². The summed E-state index contributed by atoms with van der Waals surface area (Å²) in [6.45, 7) is 4.10. The second-order valence-corrected chi connectivity index (χ2v) is 7.55. The van der Waals surface area contributed by atoms with Crippen LogP contribution in [0.4, 0.5) is 16.2 Å². The van der Waals surface area contributed by atoms with Crippen molar-refractivity contribution in [3.05, 3.63) is 71.8 Å². The molecule has 0 aliphatic heterocycles. The summed E-state index contributed by atoms with van der Waals surface area (Å²) in [5.41, 5.74) is 8.06. The standard InChI is InChI=1S/C24H21N5O/c1-14-8-10-17(12-15(14)2)29(3)24(30)25-16-9-11-19-18(13-16)22-23(27-19)28-21-7-5-4-6-20(21)26-22/h4-13H,1-3H3,(H,25,30)(H,27,28). The number of hydrogen-bond donors (Lipinski definition) is 2. The molecule has 5 aromatic rings. The van der Waals surface area contributed by atoms with Crippen molar-refractivity contribution in [1.82, 2.24) is 15.0 Å². The smallest absolute Gasteiger partial charge is 0.326 e. The molecule has 148 valence electrons. The number of aromatic nitrogens is 3. The van der Waals surface area contributed by atoms with E-state index in [2.05, 4.69) is 22.2 Å². The Kier molecular flexibility index (Phi) is 4.13. The maximum absolute atomic E-state index is 12.8. The number of rotatable bonds is 2. The number of nitrogens with zero attached hydrogens (tertiary/aromatic N) is 3. The molecule has 2 heterocycles. The molecule has 0 unspecified atom stereocenters. The number of para-hydroxylation sites is 2. The van der Waals surface area contributed by atoms with E-state index < -0.39 is 0 Å². The van der Waals surface area contributed by atoms with Crippen LogP contribution in [0.5, 0.6) is 0 Å². The van der Waals surface area contributed by atoms with Crippen LogP contribution >= 0.6 is 0 Å². The van der Waals surface area contributed by atoms with Crippen LogP contribution in [0.1, 0.15) is 11.1 Å². The Labute approximate surface area is 173 Å². The van der Waals surface area contributed by atoms with Crippen molar-refractivity contribution >= 4 is 50.5 Å². The molecular formula is C24H21N5O. The fraction of sp³-hybridized carbons (Fsp3) is 0.125. The first-order chi connectivity index (χ1) is 14.5. The van der Waals surface area contributed by atoms with Gasteiger partial charge in [-0.05, 0) is 67.4 Å². The Hall–Kier alpha value is -3.93. The van der Waals surface area contributed by atoms with Gasteiger partial charge in [-0.3, -0.25) is 4.90 Å². The second-order valence-electron chi connectivity index (χ2n) is 7.55. The predicted molar refractivity (Wildman–Crippen MR) is 122 cm³/mol. The van der Waals surface area contributed by atoms with Crippen molar-refractivity contribution in [2.24, 2.45) is 0 Å². The van der Waals surface area contributed by atoms with Crippen molar-refractivity contribution in [2.45, 2.75) is 13.8 Å². The number of H-pyrrole nitrogens is 1. The summed E-state index contributed by atoms with van der Waals surface area (Å²) in [5, 5.41) is 3.91. The number of carbonyl (C=O) groups excluding carboxylic acids is 1.